The molecule has 0 aliphatic carbocycles. The lowest BCUT2D eigenvalue weighted by atomic mass is 10.2. The zero-order valence-electron chi connectivity index (χ0n) is 18.1. The lowest BCUT2D eigenvalue weighted by molar-refractivity contribution is -0.146. The van der Waals surface area contributed by atoms with Crippen molar-refractivity contribution < 1.29 is 23.4 Å². The summed E-state index contributed by atoms with van der Waals surface area (Å²) in [5.41, 5.74) is -1.36. The molecule has 2 heterocycles. The number of halogens is 2. The number of nitrogens with zero attached hydrogens (tertiary/aromatic N) is 3. The van der Waals surface area contributed by atoms with Crippen molar-refractivity contribution in [1.82, 2.24) is 14.1 Å². The van der Waals surface area contributed by atoms with E-state index in [0.717, 1.165) is 12.1 Å². The van der Waals surface area contributed by atoms with Crippen LogP contribution in [0.3, 0.4) is 0 Å². The fourth-order valence-electron chi connectivity index (χ4n) is 2.79. The molecule has 0 amide bonds. The minimum atomic E-state index is -0.892. The van der Waals surface area contributed by atoms with Gasteiger partial charge >= 0.3 is 11.7 Å². The number of esters is 1. The van der Waals surface area contributed by atoms with E-state index in [9.17, 15) is 18.8 Å². The summed E-state index contributed by atoms with van der Waals surface area (Å²) in [6, 6.07) is 6.31. The number of benzene rings is 1. The number of aryl methyl sites for hydroxylation is 1. The van der Waals surface area contributed by atoms with Crippen LogP contribution in [0.2, 0.25) is 5.02 Å². The van der Waals surface area contributed by atoms with E-state index in [1.807, 2.05) is 6.92 Å². The number of pyridine rings is 1. The fourth-order valence-corrected chi connectivity index (χ4v) is 2.98. The van der Waals surface area contributed by atoms with Crippen LogP contribution in [0.1, 0.15) is 19.0 Å². The number of hydrogen-bond donors (Lipinski definition) is 0. The van der Waals surface area contributed by atoms with Gasteiger partial charge in [-0.3, -0.25) is 4.79 Å². The van der Waals surface area contributed by atoms with Gasteiger partial charge in [-0.05, 0) is 31.5 Å². The maximum absolute atomic E-state index is 14.7. The lowest BCUT2D eigenvalue weighted by Crippen LogP contribution is -2.38. The van der Waals surface area contributed by atoms with Crippen LogP contribution in [0.5, 0.6) is 17.4 Å². The summed E-state index contributed by atoms with van der Waals surface area (Å²) < 4.78 is 32.7. The maximum Gasteiger partial charge on any atom is 0.344 e. The van der Waals surface area contributed by atoms with Crippen LogP contribution in [-0.2, 0) is 16.6 Å². The van der Waals surface area contributed by atoms with E-state index in [4.69, 9.17) is 25.8 Å². The third-order valence-electron chi connectivity index (χ3n) is 4.55. The first-order valence-electron chi connectivity index (χ1n) is 9.93. The van der Waals surface area contributed by atoms with E-state index in [1.165, 1.54) is 29.9 Å². The van der Waals surface area contributed by atoms with E-state index in [-0.39, 0.29) is 34.7 Å². The van der Waals surface area contributed by atoms with Gasteiger partial charge in [-0.1, -0.05) is 18.5 Å². The van der Waals surface area contributed by atoms with Crippen molar-refractivity contribution in [1.29, 1.82) is 0 Å². The predicted molar refractivity (Wildman–Crippen MR) is 118 cm³/mol. The Hall–Kier alpha value is -3.66. The highest BCUT2D eigenvalue weighted by Crippen LogP contribution is 2.35. The second-order valence-electron chi connectivity index (χ2n) is 6.95. The summed E-state index contributed by atoms with van der Waals surface area (Å²) in [5.74, 6) is -1.49. The molecule has 0 saturated carbocycles. The van der Waals surface area contributed by atoms with Gasteiger partial charge in [-0.2, -0.15) is 0 Å². The average Bonchev–Trinajstić information content (AvgIpc) is 2.78. The molecule has 2 aromatic heterocycles. The van der Waals surface area contributed by atoms with Crippen molar-refractivity contribution in [3.05, 3.63) is 73.9 Å². The van der Waals surface area contributed by atoms with Crippen molar-refractivity contribution in [3.8, 4) is 23.1 Å². The molecule has 174 valence electrons. The molecule has 1 aromatic carbocycles. The van der Waals surface area contributed by atoms with Crippen LogP contribution in [0, 0.1) is 12.7 Å². The number of carbonyl (C=O) groups is 1. The number of carbonyl (C=O) groups excluding carboxylic acids is 1. The van der Waals surface area contributed by atoms with Gasteiger partial charge in [0.2, 0.25) is 0 Å². The van der Waals surface area contributed by atoms with Gasteiger partial charge in [0.05, 0.1) is 17.3 Å². The molecule has 11 heteroatoms. The molecule has 0 radical (unpaired) electrons. The zero-order chi connectivity index (χ0) is 24.1. The Morgan fingerprint density at radius 3 is 2.70 bits per heavy atom. The highest BCUT2D eigenvalue weighted by Gasteiger charge is 2.18. The maximum atomic E-state index is 14.7. The highest BCUT2D eigenvalue weighted by molar-refractivity contribution is 6.32. The Bertz CT molecular complexity index is 1300. The molecule has 3 rings (SSSR count). The van der Waals surface area contributed by atoms with Gasteiger partial charge in [0.15, 0.2) is 12.4 Å². The van der Waals surface area contributed by atoms with Gasteiger partial charge in [-0.25, -0.2) is 23.5 Å². The second-order valence-corrected chi connectivity index (χ2v) is 7.36. The van der Waals surface area contributed by atoms with E-state index in [1.54, 1.807) is 13.0 Å². The summed E-state index contributed by atoms with van der Waals surface area (Å²) in [7, 11) is 1.46. The molecule has 0 bridgehead atoms. The van der Waals surface area contributed by atoms with E-state index >= 15 is 0 Å². The van der Waals surface area contributed by atoms with E-state index in [0.29, 0.717) is 16.7 Å². The van der Waals surface area contributed by atoms with Crippen LogP contribution in [-0.4, -0.2) is 33.3 Å². The molecule has 0 spiro atoms. The third-order valence-corrected chi connectivity index (χ3v) is 4.85. The third kappa shape index (κ3) is 5.40. The molecule has 9 nitrogen and oxygen atoms in total. The standard InChI is InChI=1S/C22H21ClFN3O6/c1-4-8-31-20(29)12-32-21-17(6-5-7-25-21)33-18-11-16(15(24)10-14(18)23)27-19(28)9-13(2)26(3)22(27)30/h5-7,9-11H,4,8,12H2,1-3H3. The number of aromatic nitrogens is 3. The van der Waals surface area contributed by atoms with Crippen LogP contribution in [0.4, 0.5) is 4.39 Å². The molecule has 0 unspecified atom stereocenters. The normalized spacial score (nSPS) is 10.7. The minimum Gasteiger partial charge on any atom is -0.463 e. The zero-order valence-corrected chi connectivity index (χ0v) is 18.9. The Balaban J connectivity index is 1.96. The first-order chi connectivity index (χ1) is 15.7. The molecule has 3 aromatic rings. The Morgan fingerprint density at radius 1 is 1.21 bits per heavy atom. The van der Waals surface area contributed by atoms with E-state index in [2.05, 4.69) is 4.98 Å². The summed E-state index contributed by atoms with van der Waals surface area (Å²) in [6.07, 6.45) is 2.09. The fraction of sp³-hybridized carbons (Fsp3) is 0.273. The summed E-state index contributed by atoms with van der Waals surface area (Å²) in [5, 5.41) is -0.120. The number of rotatable bonds is 8. The Kier molecular flexibility index (Phi) is 7.49. The topological polar surface area (TPSA) is 102 Å². The van der Waals surface area contributed by atoms with Crippen LogP contribution in [0.25, 0.3) is 5.69 Å². The number of hydrogen-bond acceptors (Lipinski definition) is 7. The largest absolute Gasteiger partial charge is 0.463 e. The number of ether oxygens (including phenoxy) is 3. The Morgan fingerprint density at radius 2 is 1.97 bits per heavy atom. The molecule has 0 fully saturated rings. The van der Waals surface area contributed by atoms with Gasteiger partial charge in [0, 0.05) is 31.1 Å². The summed E-state index contributed by atoms with van der Waals surface area (Å²) >= 11 is 6.14. The van der Waals surface area contributed by atoms with E-state index < -0.39 is 29.6 Å². The summed E-state index contributed by atoms with van der Waals surface area (Å²) in [6.45, 7) is 3.31. The SMILES string of the molecule is CCCOC(=O)COc1ncccc1Oc1cc(-n2c(=O)cc(C)n(C)c2=O)c(F)cc1Cl. The van der Waals surface area contributed by atoms with Crippen LogP contribution < -0.4 is 20.7 Å². The van der Waals surface area contributed by atoms with Gasteiger partial charge in [0.1, 0.15) is 11.6 Å². The monoisotopic (exact) mass is 477 g/mol. The van der Waals surface area contributed by atoms with Gasteiger partial charge < -0.3 is 18.8 Å². The minimum absolute atomic E-state index is 0.0312. The molecule has 0 N–H and O–H groups in total. The highest BCUT2D eigenvalue weighted by atomic mass is 35.5. The molecular formula is C22H21ClFN3O6. The molecular weight excluding hydrogens is 457 g/mol. The summed E-state index contributed by atoms with van der Waals surface area (Å²) in [4.78, 5) is 40.8. The Labute approximate surface area is 192 Å². The van der Waals surface area contributed by atoms with Crippen LogP contribution in [0.15, 0.2) is 46.1 Å². The second kappa shape index (κ2) is 10.3. The predicted octanol–water partition coefficient (Wildman–Crippen LogP) is 3.16. The molecule has 0 aliphatic rings. The molecule has 0 atom stereocenters. The van der Waals surface area contributed by atoms with Gasteiger partial charge in [0.25, 0.3) is 11.4 Å². The quantitative estimate of drug-likeness (QED) is 0.459. The van der Waals surface area contributed by atoms with Crippen molar-refractivity contribution >= 4 is 17.6 Å². The van der Waals surface area contributed by atoms with Crippen molar-refractivity contribution in [2.75, 3.05) is 13.2 Å². The molecule has 33 heavy (non-hydrogen) atoms. The smallest absolute Gasteiger partial charge is 0.344 e. The van der Waals surface area contributed by atoms with Gasteiger partial charge in [-0.15, -0.1) is 0 Å². The first-order valence-corrected chi connectivity index (χ1v) is 10.3. The van der Waals surface area contributed by atoms with Crippen molar-refractivity contribution in [2.45, 2.75) is 20.3 Å². The average molecular weight is 478 g/mol. The van der Waals surface area contributed by atoms with Crippen molar-refractivity contribution in [2.24, 2.45) is 7.05 Å². The first kappa shape index (κ1) is 24.0. The molecule has 0 aliphatic heterocycles. The molecule has 0 saturated heterocycles. The van der Waals surface area contributed by atoms with Crippen molar-refractivity contribution in [3.63, 3.8) is 0 Å². The van der Waals surface area contributed by atoms with Crippen LogP contribution >= 0.6 is 11.6 Å². The lowest BCUT2D eigenvalue weighted by Gasteiger charge is -2.15.